The summed E-state index contributed by atoms with van der Waals surface area (Å²) in [6.45, 7) is 6.61. The largest absolute Gasteiger partial charge is 0.359 e. The third-order valence-electron chi connectivity index (χ3n) is 9.31. The first-order valence-electron chi connectivity index (χ1n) is 13.8. The van der Waals surface area contributed by atoms with E-state index in [1.165, 1.54) is 0 Å². The fourth-order valence-corrected chi connectivity index (χ4v) is 7.83. The molecule has 0 radical (unpaired) electrons. The average molecular weight is 568 g/mol. The zero-order valence-corrected chi connectivity index (χ0v) is 23.9. The summed E-state index contributed by atoms with van der Waals surface area (Å²) >= 11 is 7.82. The highest BCUT2D eigenvalue weighted by Gasteiger charge is 2.72. The highest BCUT2D eigenvalue weighted by Crippen LogP contribution is 2.55. The highest BCUT2D eigenvalue weighted by atomic mass is 35.5. The zero-order chi connectivity index (χ0) is 27.5. The summed E-state index contributed by atoms with van der Waals surface area (Å²) in [6.07, 6.45) is 6.27. The maximum Gasteiger partial charge on any atom is 0.246 e. The van der Waals surface area contributed by atoms with Crippen LogP contribution < -0.4 is 10.6 Å². The molecule has 3 fully saturated rings. The Hall–Kier alpha value is -2.68. The minimum Gasteiger partial charge on any atom is -0.359 e. The van der Waals surface area contributed by atoms with Crippen LogP contribution in [0.1, 0.15) is 43.6 Å². The molecule has 4 aliphatic rings. The molecule has 1 aliphatic carbocycles. The van der Waals surface area contributed by atoms with Gasteiger partial charge in [-0.1, -0.05) is 62.6 Å². The Balaban J connectivity index is 1.31. The molecule has 1 aromatic carbocycles. The Morgan fingerprint density at radius 2 is 2.03 bits per heavy atom. The van der Waals surface area contributed by atoms with E-state index in [1.54, 1.807) is 28.4 Å². The number of carbonyl (C=O) groups is 3. The Kier molecular flexibility index (Phi) is 6.84. The molecule has 1 aromatic heterocycles. The number of amides is 3. The summed E-state index contributed by atoms with van der Waals surface area (Å²) in [5.41, 5.74) is 0.289. The first kappa shape index (κ1) is 26.5. The molecule has 0 unspecified atom stereocenters. The van der Waals surface area contributed by atoms with Gasteiger partial charge in [-0.25, -0.2) is 0 Å². The van der Waals surface area contributed by atoms with Crippen LogP contribution in [0.4, 0.5) is 5.69 Å². The van der Waals surface area contributed by atoms with Gasteiger partial charge in [-0.3, -0.25) is 14.4 Å². The summed E-state index contributed by atoms with van der Waals surface area (Å²) < 4.78 is 6.47. The van der Waals surface area contributed by atoms with E-state index in [1.807, 2.05) is 42.7 Å². The van der Waals surface area contributed by atoms with E-state index in [2.05, 4.69) is 24.5 Å². The fourth-order valence-electron chi connectivity index (χ4n) is 6.95. The van der Waals surface area contributed by atoms with Crippen LogP contribution in [0.5, 0.6) is 0 Å². The summed E-state index contributed by atoms with van der Waals surface area (Å²) in [5.74, 6) is -1.41. The summed E-state index contributed by atoms with van der Waals surface area (Å²) in [4.78, 5) is 44.5. The van der Waals surface area contributed by atoms with Crippen LogP contribution in [-0.2, 0) is 25.7 Å². The van der Waals surface area contributed by atoms with Crippen LogP contribution in [-0.4, -0.2) is 46.4 Å². The normalized spacial score (nSPS) is 34.8. The van der Waals surface area contributed by atoms with Crippen LogP contribution in [0.2, 0.25) is 5.02 Å². The van der Waals surface area contributed by atoms with Gasteiger partial charge in [0, 0.05) is 21.6 Å². The smallest absolute Gasteiger partial charge is 0.246 e. The zero-order valence-electron chi connectivity index (χ0n) is 22.4. The van der Waals surface area contributed by atoms with Crippen molar-refractivity contribution in [2.24, 2.45) is 23.7 Å². The molecule has 3 aliphatic heterocycles. The van der Waals surface area contributed by atoms with Gasteiger partial charge in [0.15, 0.2) is 0 Å². The Labute approximate surface area is 237 Å². The van der Waals surface area contributed by atoms with E-state index in [-0.39, 0.29) is 23.8 Å². The molecule has 7 nitrogen and oxygen atoms in total. The third kappa shape index (κ3) is 4.41. The molecular formula is C30H34ClN3O4S. The molecule has 9 heteroatoms. The number of nitrogens with zero attached hydrogens (tertiary/aromatic N) is 1. The second-order valence-corrected chi connectivity index (χ2v) is 13.0. The van der Waals surface area contributed by atoms with Gasteiger partial charge in [0.1, 0.15) is 11.6 Å². The van der Waals surface area contributed by atoms with E-state index < -0.39 is 29.6 Å². The minimum absolute atomic E-state index is 0.0448. The average Bonchev–Trinajstić information content (AvgIpc) is 3.67. The quantitative estimate of drug-likeness (QED) is 0.484. The second-order valence-electron chi connectivity index (χ2n) is 11.6. The van der Waals surface area contributed by atoms with E-state index in [0.29, 0.717) is 29.1 Å². The van der Waals surface area contributed by atoms with Crippen molar-refractivity contribution in [2.75, 3.05) is 5.32 Å². The van der Waals surface area contributed by atoms with Crippen LogP contribution >= 0.6 is 22.9 Å². The van der Waals surface area contributed by atoms with Crippen molar-refractivity contribution in [3.63, 3.8) is 0 Å². The molecule has 6 rings (SSSR count). The topological polar surface area (TPSA) is 87.7 Å². The lowest BCUT2D eigenvalue weighted by molar-refractivity contribution is -0.142. The number of aryl methyl sites for hydroxylation is 1. The minimum atomic E-state index is -1.18. The van der Waals surface area contributed by atoms with Gasteiger partial charge in [-0.2, -0.15) is 0 Å². The standard InChI is InChI=1S/C30H34ClN3O4S/c1-16-6-4-8-22(18(16)3)33-28(36)26-30-12-11-23(38-30)24(27(35)32-19-10-9-17(2)21(31)14-19)25(30)29(37)34(26)15-20-7-5-13-39-20/h5,7,9-14,16,18,22-26H,4,6,8,15H2,1-3H3,(H,32,35)(H,33,36)/t16-,18-,22-,23-,24+,25-,26-,30-/m1/s1. The molecule has 1 spiro atoms. The van der Waals surface area contributed by atoms with E-state index in [4.69, 9.17) is 16.3 Å². The molecule has 206 valence electrons. The van der Waals surface area contributed by atoms with Crippen molar-refractivity contribution in [3.8, 4) is 0 Å². The first-order valence-corrected chi connectivity index (χ1v) is 15.0. The number of benzene rings is 1. The predicted octanol–water partition coefficient (Wildman–Crippen LogP) is 4.94. The van der Waals surface area contributed by atoms with Crippen molar-refractivity contribution in [1.29, 1.82) is 0 Å². The van der Waals surface area contributed by atoms with Gasteiger partial charge in [0.2, 0.25) is 17.7 Å². The van der Waals surface area contributed by atoms with Gasteiger partial charge in [0.05, 0.1) is 24.5 Å². The van der Waals surface area contributed by atoms with Crippen LogP contribution in [0.25, 0.3) is 0 Å². The molecule has 2 N–H and O–H groups in total. The van der Waals surface area contributed by atoms with Crippen LogP contribution in [0, 0.1) is 30.6 Å². The molecule has 4 heterocycles. The lowest BCUT2D eigenvalue weighted by atomic mass is 9.73. The molecule has 2 saturated heterocycles. The number of thiophene rings is 1. The number of rotatable bonds is 6. The number of hydrogen-bond acceptors (Lipinski definition) is 5. The number of carbonyl (C=O) groups excluding carboxylic acids is 3. The van der Waals surface area contributed by atoms with Crippen LogP contribution in [0.3, 0.4) is 0 Å². The van der Waals surface area contributed by atoms with Crippen molar-refractivity contribution in [3.05, 3.63) is 63.3 Å². The summed E-state index contributed by atoms with van der Waals surface area (Å²) in [5, 5.41) is 8.75. The Morgan fingerprint density at radius 3 is 2.77 bits per heavy atom. The van der Waals surface area contributed by atoms with Crippen molar-refractivity contribution in [2.45, 2.75) is 70.4 Å². The van der Waals surface area contributed by atoms with Gasteiger partial charge in [0.25, 0.3) is 0 Å². The van der Waals surface area contributed by atoms with Crippen molar-refractivity contribution in [1.82, 2.24) is 10.2 Å². The van der Waals surface area contributed by atoms with Gasteiger partial charge >= 0.3 is 0 Å². The number of likely N-dealkylation sites (tertiary alicyclic amines) is 1. The van der Waals surface area contributed by atoms with Gasteiger partial charge < -0.3 is 20.3 Å². The van der Waals surface area contributed by atoms with E-state index >= 15 is 0 Å². The fraction of sp³-hybridized carbons (Fsp3) is 0.500. The number of nitrogens with one attached hydrogen (secondary N) is 2. The Morgan fingerprint density at radius 1 is 1.21 bits per heavy atom. The van der Waals surface area contributed by atoms with Gasteiger partial charge in [-0.05, 0) is 54.3 Å². The maximum absolute atomic E-state index is 14.1. The SMILES string of the molecule is Cc1ccc(NC(=O)[C@H]2[C@H]3C=C[C@@]4(O3)[C@H]2C(=O)N(Cc2cccs2)[C@@H]4C(=O)N[C@@H]2CCC[C@@H](C)[C@H]2C)cc1Cl. The molecule has 1 saturated carbocycles. The number of halogens is 1. The van der Waals surface area contributed by atoms with E-state index in [0.717, 1.165) is 29.7 Å². The van der Waals surface area contributed by atoms with Crippen molar-refractivity contribution >= 4 is 46.3 Å². The number of ether oxygens (including phenoxy) is 1. The summed E-state index contributed by atoms with van der Waals surface area (Å²) in [6, 6.07) is 8.43. The number of hydrogen-bond donors (Lipinski definition) is 2. The van der Waals surface area contributed by atoms with Gasteiger partial charge in [-0.15, -0.1) is 11.3 Å². The number of anilines is 1. The highest BCUT2D eigenvalue weighted by molar-refractivity contribution is 7.09. The maximum atomic E-state index is 14.1. The predicted molar refractivity (Wildman–Crippen MR) is 151 cm³/mol. The molecule has 3 amide bonds. The third-order valence-corrected chi connectivity index (χ3v) is 10.6. The lowest BCUT2D eigenvalue weighted by Crippen LogP contribution is -2.57. The lowest BCUT2D eigenvalue weighted by Gasteiger charge is -2.38. The second kappa shape index (κ2) is 10.1. The Bertz CT molecular complexity index is 1330. The molecule has 39 heavy (non-hydrogen) atoms. The molecule has 8 atom stereocenters. The first-order chi connectivity index (χ1) is 18.7. The van der Waals surface area contributed by atoms with Crippen LogP contribution in [0.15, 0.2) is 47.9 Å². The summed E-state index contributed by atoms with van der Waals surface area (Å²) in [7, 11) is 0. The molecule has 2 bridgehead atoms. The molecular weight excluding hydrogens is 534 g/mol. The van der Waals surface area contributed by atoms with E-state index in [9.17, 15) is 14.4 Å². The number of fused-ring (bicyclic) bond motifs is 1. The molecule has 2 aromatic rings. The van der Waals surface area contributed by atoms with Crippen molar-refractivity contribution < 1.29 is 19.1 Å². The monoisotopic (exact) mass is 567 g/mol.